The average Bonchev–Trinajstić information content (AvgIpc) is 2.59. The highest BCUT2D eigenvalue weighted by atomic mass is 32.2. The lowest BCUT2D eigenvalue weighted by Gasteiger charge is -2.16. The highest BCUT2D eigenvalue weighted by Gasteiger charge is 2.27. The van der Waals surface area contributed by atoms with Crippen LogP contribution in [0.1, 0.15) is 28.4 Å². The standard InChI is InChI=1S/C17H18F2N2O3S/c1-17(18,19)15-9-4-3-6-13(15)11-21-16(22)12-7-5-8-14(10-12)25(23,24)20-2/h3-10,20H,11H2,1-2H3,(H,21,22). The van der Waals surface area contributed by atoms with Crippen LogP contribution in [0.3, 0.4) is 0 Å². The van der Waals surface area contributed by atoms with E-state index >= 15 is 0 Å². The smallest absolute Gasteiger partial charge is 0.270 e. The molecular formula is C17H18F2N2O3S. The molecule has 0 radical (unpaired) electrons. The molecule has 0 aliphatic heterocycles. The third-order valence-electron chi connectivity index (χ3n) is 3.60. The zero-order chi connectivity index (χ0) is 18.7. The number of carbonyl (C=O) groups excluding carboxylic acids is 1. The van der Waals surface area contributed by atoms with Crippen molar-refractivity contribution in [2.24, 2.45) is 0 Å². The summed E-state index contributed by atoms with van der Waals surface area (Å²) in [5.74, 6) is -3.58. The predicted octanol–water partition coefficient (Wildman–Crippen LogP) is 2.64. The van der Waals surface area contributed by atoms with Gasteiger partial charge in [0.1, 0.15) is 0 Å². The van der Waals surface area contributed by atoms with E-state index in [1.165, 1.54) is 49.5 Å². The van der Waals surface area contributed by atoms with Crippen molar-refractivity contribution in [2.45, 2.75) is 24.3 Å². The number of sulfonamides is 1. The van der Waals surface area contributed by atoms with Crippen LogP contribution >= 0.6 is 0 Å². The first-order valence-corrected chi connectivity index (χ1v) is 8.91. The molecule has 1 amide bonds. The summed E-state index contributed by atoms with van der Waals surface area (Å²) in [7, 11) is -2.41. The third-order valence-corrected chi connectivity index (χ3v) is 5.02. The van der Waals surface area contributed by atoms with Crippen molar-refractivity contribution in [3.8, 4) is 0 Å². The topological polar surface area (TPSA) is 75.3 Å². The van der Waals surface area contributed by atoms with Crippen LogP contribution in [0.25, 0.3) is 0 Å². The van der Waals surface area contributed by atoms with E-state index in [1.807, 2.05) is 0 Å². The monoisotopic (exact) mass is 368 g/mol. The van der Waals surface area contributed by atoms with Crippen LogP contribution in [-0.2, 0) is 22.5 Å². The Morgan fingerprint density at radius 2 is 1.80 bits per heavy atom. The molecule has 0 saturated carbocycles. The minimum atomic E-state index is -3.68. The number of amides is 1. The second-order valence-electron chi connectivity index (χ2n) is 5.46. The lowest BCUT2D eigenvalue weighted by molar-refractivity contribution is 0.0164. The Kier molecular flexibility index (Phi) is 5.54. The molecule has 2 aromatic carbocycles. The zero-order valence-electron chi connectivity index (χ0n) is 13.7. The van der Waals surface area contributed by atoms with Gasteiger partial charge in [-0.15, -0.1) is 0 Å². The van der Waals surface area contributed by atoms with E-state index in [4.69, 9.17) is 0 Å². The molecule has 0 aliphatic rings. The summed E-state index contributed by atoms with van der Waals surface area (Å²) < 4.78 is 52.9. The highest BCUT2D eigenvalue weighted by Crippen LogP contribution is 2.29. The van der Waals surface area contributed by atoms with Gasteiger partial charge in [-0.05, 0) is 30.8 Å². The fourth-order valence-corrected chi connectivity index (χ4v) is 3.08. The van der Waals surface area contributed by atoms with Crippen LogP contribution in [0.2, 0.25) is 0 Å². The Balaban J connectivity index is 2.19. The van der Waals surface area contributed by atoms with Crippen molar-refractivity contribution in [3.63, 3.8) is 0 Å². The molecule has 25 heavy (non-hydrogen) atoms. The molecule has 0 bridgehead atoms. The maximum Gasteiger partial charge on any atom is 0.270 e. The van der Waals surface area contributed by atoms with Gasteiger partial charge in [0.15, 0.2) is 0 Å². The summed E-state index contributed by atoms with van der Waals surface area (Å²) >= 11 is 0. The van der Waals surface area contributed by atoms with E-state index in [1.54, 1.807) is 6.07 Å². The van der Waals surface area contributed by atoms with Gasteiger partial charge in [-0.3, -0.25) is 4.79 Å². The first-order chi connectivity index (χ1) is 11.6. The average molecular weight is 368 g/mol. The maximum atomic E-state index is 13.6. The van der Waals surface area contributed by atoms with Gasteiger partial charge in [-0.25, -0.2) is 21.9 Å². The van der Waals surface area contributed by atoms with Gasteiger partial charge in [0, 0.05) is 24.6 Å². The van der Waals surface area contributed by atoms with Crippen molar-refractivity contribution in [2.75, 3.05) is 7.05 Å². The summed E-state index contributed by atoms with van der Waals surface area (Å²) in [5, 5.41) is 2.54. The first kappa shape index (κ1) is 19.0. The number of halogens is 2. The molecule has 0 spiro atoms. The minimum absolute atomic E-state index is 0.0526. The molecule has 0 saturated heterocycles. The van der Waals surface area contributed by atoms with E-state index in [0.717, 1.165) is 6.92 Å². The number of rotatable bonds is 6. The summed E-state index contributed by atoms with van der Waals surface area (Å²) in [5.41, 5.74) is 0.251. The Hall–Kier alpha value is -2.32. The summed E-state index contributed by atoms with van der Waals surface area (Å²) in [6.45, 7) is 0.696. The van der Waals surface area contributed by atoms with Crippen LogP contribution in [0, 0.1) is 0 Å². The van der Waals surface area contributed by atoms with Gasteiger partial charge >= 0.3 is 0 Å². The Morgan fingerprint density at radius 3 is 2.44 bits per heavy atom. The number of alkyl halides is 2. The quantitative estimate of drug-likeness (QED) is 0.823. The Bertz CT molecular complexity index is 877. The zero-order valence-corrected chi connectivity index (χ0v) is 14.5. The van der Waals surface area contributed by atoms with Gasteiger partial charge in [-0.2, -0.15) is 0 Å². The molecule has 2 rings (SSSR count). The normalized spacial score (nSPS) is 12.0. The highest BCUT2D eigenvalue weighted by molar-refractivity contribution is 7.89. The van der Waals surface area contributed by atoms with Crippen LogP contribution < -0.4 is 10.0 Å². The molecule has 0 atom stereocenters. The molecule has 0 unspecified atom stereocenters. The predicted molar refractivity (Wildman–Crippen MR) is 89.9 cm³/mol. The maximum absolute atomic E-state index is 13.6. The van der Waals surface area contributed by atoms with Crippen LogP contribution in [-0.4, -0.2) is 21.4 Å². The summed E-state index contributed by atoms with van der Waals surface area (Å²) in [6.07, 6.45) is 0. The van der Waals surface area contributed by atoms with Crippen molar-refractivity contribution in [3.05, 3.63) is 65.2 Å². The van der Waals surface area contributed by atoms with E-state index in [0.29, 0.717) is 5.56 Å². The largest absolute Gasteiger partial charge is 0.348 e. The second-order valence-corrected chi connectivity index (χ2v) is 7.35. The van der Waals surface area contributed by atoms with Gasteiger partial charge in [0.2, 0.25) is 10.0 Å². The molecule has 0 aromatic heterocycles. The fourth-order valence-electron chi connectivity index (χ4n) is 2.30. The van der Waals surface area contributed by atoms with Crippen molar-refractivity contribution in [1.82, 2.24) is 10.0 Å². The molecular weight excluding hydrogens is 350 g/mol. The Labute approximate surface area is 145 Å². The minimum Gasteiger partial charge on any atom is -0.348 e. The van der Waals surface area contributed by atoms with Crippen LogP contribution in [0.4, 0.5) is 8.78 Å². The van der Waals surface area contributed by atoms with Crippen molar-refractivity contribution < 1.29 is 22.0 Å². The summed E-state index contributed by atoms with van der Waals surface area (Å²) in [6, 6.07) is 11.4. The van der Waals surface area contributed by atoms with E-state index in [2.05, 4.69) is 10.0 Å². The van der Waals surface area contributed by atoms with E-state index in [-0.39, 0.29) is 22.6 Å². The number of carbonyl (C=O) groups is 1. The lowest BCUT2D eigenvalue weighted by atomic mass is 10.0. The third kappa shape index (κ3) is 4.61. The molecule has 134 valence electrons. The fraction of sp³-hybridized carbons (Fsp3) is 0.235. The van der Waals surface area contributed by atoms with E-state index < -0.39 is 21.9 Å². The van der Waals surface area contributed by atoms with Crippen LogP contribution in [0.15, 0.2) is 53.4 Å². The number of nitrogens with one attached hydrogen (secondary N) is 2. The van der Waals surface area contributed by atoms with E-state index in [9.17, 15) is 22.0 Å². The second kappa shape index (κ2) is 7.28. The number of hydrogen-bond donors (Lipinski definition) is 2. The molecule has 5 nitrogen and oxygen atoms in total. The first-order valence-electron chi connectivity index (χ1n) is 7.43. The molecule has 2 aromatic rings. The molecule has 0 fully saturated rings. The molecule has 2 N–H and O–H groups in total. The van der Waals surface area contributed by atoms with Crippen molar-refractivity contribution in [1.29, 1.82) is 0 Å². The molecule has 0 aliphatic carbocycles. The number of benzene rings is 2. The Morgan fingerprint density at radius 1 is 1.12 bits per heavy atom. The molecule has 8 heteroatoms. The van der Waals surface area contributed by atoms with Gasteiger partial charge in [-0.1, -0.05) is 30.3 Å². The molecule has 0 heterocycles. The van der Waals surface area contributed by atoms with Crippen LogP contribution in [0.5, 0.6) is 0 Å². The lowest BCUT2D eigenvalue weighted by Crippen LogP contribution is -2.25. The summed E-state index contributed by atoms with van der Waals surface area (Å²) in [4.78, 5) is 12.2. The SMILES string of the molecule is CNS(=O)(=O)c1cccc(C(=O)NCc2ccccc2C(C)(F)F)c1. The van der Waals surface area contributed by atoms with Gasteiger partial charge in [0.25, 0.3) is 11.8 Å². The number of hydrogen-bond acceptors (Lipinski definition) is 3. The van der Waals surface area contributed by atoms with Crippen molar-refractivity contribution >= 4 is 15.9 Å². The van der Waals surface area contributed by atoms with Gasteiger partial charge in [0.05, 0.1) is 4.90 Å². The van der Waals surface area contributed by atoms with Gasteiger partial charge < -0.3 is 5.32 Å².